The minimum atomic E-state index is -4.72. The molecular formula is C21H13F3N6O3S. The third-order valence-electron chi connectivity index (χ3n) is 4.57. The zero-order chi connectivity index (χ0) is 24.3. The first-order valence-corrected chi connectivity index (χ1v) is 10.3. The van der Waals surface area contributed by atoms with Crippen LogP contribution in [0.4, 0.5) is 24.5 Å². The number of anilines is 1. The van der Waals surface area contributed by atoms with Crippen molar-refractivity contribution < 1.29 is 22.9 Å². The molecule has 0 saturated heterocycles. The number of amides is 1. The number of nitrogens with zero attached hydrogens (tertiary/aromatic N) is 5. The summed E-state index contributed by atoms with van der Waals surface area (Å²) >= 11 is 0.833. The lowest BCUT2D eigenvalue weighted by molar-refractivity contribution is -0.388. The smallest absolute Gasteiger partial charge is 0.322 e. The van der Waals surface area contributed by atoms with Gasteiger partial charge in [-0.3, -0.25) is 14.9 Å². The molecule has 0 saturated carbocycles. The van der Waals surface area contributed by atoms with Crippen LogP contribution in [-0.4, -0.2) is 31.0 Å². The van der Waals surface area contributed by atoms with Gasteiger partial charge in [0, 0.05) is 16.6 Å². The van der Waals surface area contributed by atoms with Crippen LogP contribution >= 0.6 is 11.8 Å². The van der Waals surface area contributed by atoms with Crippen molar-refractivity contribution in [3.8, 4) is 5.69 Å². The second-order valence-electron chi connectivity index (χ2n) is 6.79. The van der Waals surface area contributed by atoms with E-state index in [0.717, 1.165) is 23.9 Å². The second kappa shape index (κ2) is 9.31. The summed E-state index contributed by atoms with van der Waals surface area (Å²) in [6.07, 6.45) is -3.30. The van der Waals surface area contributed by atoms with Crippen molar-refractivity contribution in [2.45, 2.75) is 16.0 Å². The quantitative estimate of drug-likeness (QED) is 0.301. The van der Waals surface area contributed by atoms with Crippen molar-refractivity contribution in [1.29, 1.82) is 0 Å². The highest BCUT2D eigenvalue weighted by molar-refractivity contribution is 7.99. The number of tetrazole rings is 1. The number of hydrogen-bond donors (Lipinski definition) is 1. The van der Waals surface area contributed by atoms with E-state index in [2.05, 4.69) is 20.8 Å². The number of alkyl halides is 3. The highest BCUT2D eigenvalue weighted by Crippen LogP contribution is 2.40. The van der Waals surface area contributed by atoms with E-state index in [1.807, 2.05) is 0 Å². The minimum Gasteiger partial charge on any atom is -0.322 e. The van der Waals surface area contributed by atoms with E-state index < -0.39 is 28.3 Å². The van der Waals surface area contributed by atoms with Gasteiger partial charge in [0.25, 0.3) is 11.6 Å². The molecule has 1 amide bonds. The molecular weight excluding hydrogens is 473 g/mol. The van der Waals surface area contributed by atoms with Gasteiger partial charge in [-0.2, -0.15) is 13.2 Å². The Morgan fingerprint density at radius 3 is 2.41 bits per heavy atom. The van der Waals surface area contributed by atoms with Crippen LogP contribution in [0, 0.1) is 10.1 Å². The fraction of sp³-hybridized carbons (Fsp3) is 0.0476. The lowest BCUT2D eigenvalue weighted by Crippen LogP contribution is -2.13. The second-order valence-corrected chi connectivity index (χ2v) is 7.87. The number of rotatable bonds is 6. The summed E-state index contributed by atoms with van der Waals surface area (Å²) < 4.78 is 40.4. The van der Waals surface area contributed by atoms with Gasteiger partial charge in [0.1, 0.15) is 6.33 Å². The maximum atomic E-state index is 13.0. The maximum Gasteiger partial charge on any atom is 0.416 e. The van der Waals surface area contributed by atoms with Crippen LogP contribution in [0.25, 0.3) is 5.69 Å². The zero-order valence-corrected chi connectivity index (χ0v) is 17.7. The lowest BCUT2D eigenvalue weighted by atomic mass is 10.2. The van der Waals surface area contributed by atoms with Gasteiger partial charge in [-0.1, -0.05) is 23.9 Å². The number of carbonyl (C=O) groups excluding carboxylic acids is 1. The molecule has 3 aromatic carbocycles. The largest absolute Gasteiger partial charge is 0.416 e. The summed E-state index contributed by atoms with van der Waals surface area (Å²) in [5, 5.41) is 25.0. The highest BCUT2D eigenvalue weighted by Gasteiger charge is 2.33. The first-order chi connectivity index (χ1) is 16.2. The number of nitro benzene ring substituents is 1. The maximum absolute atomic E-state index is 13.0. The van der Waals surface area contributed by atoms with E-state index in [4.69, 9.17) is 0 Å². The van der Waals surface area contributed by atoms with E-state index in [9.17, 15) is 28.1 Å². The first-order valence-electron chi connectivity index (χ1n) is 9.49. The Labute approximate surface area is 193 Å². The van der Waals surface area contributed by atoms with Crippen molar-refractivity contribution in [2.24, 2.45) is 0 Å². The molecule has 1 aromatic heterocycles. The third-order valence-corrected chi connectivity index (χ3v) is 5.71. The average Bonchev–Trinajstić information content (AvgIpc) is 3.34. The Bertz CT molecular complexity index is 1340. The van der Waals surface area contributed by atoms with Gasteiger partial charge < -0.3 is 5.32 Å². The molecule has 4 aromatic rings. The lowest BCUT2D eigenvalue weighted by Gasteiger charge is -2.12. The predicted octanol–water partition coefficient (Wildman–Crippen LogP) is 4.99. The van der Waals surface area contributed by atoms with Crippen LogP contribution in [0.5, 0.6) is 0 Å². The topological polar surface area (TPSA) is 116 Å². The van der Waals surface area contributed by atoms with Crippen LogP contribution in [0.1, 0.15) is 15.9 Å². The molecule has 34 heavy (non-hydrogen) atoms. The molecule has 0 bridgehead atoms. The Kier molecular flexibility index (Phi) is 6.27. The Morgan fingerprint density at radius 1 is 1.03 bits per heavy atom. The molecule has 0 aliphatic rings. The molecule has 4 rings (SSSR count). The summed E-state index contributed by atoms with van der Waals surface area (Å²) in [6.45, 7) is 0. The molecule has 0 unspecified atom stereocenters. The number of halogens is 3. The number of carbonyl (C=O) groups is 1. The molecule has 0 spiro atoms. The van der Waals surface area contributed by atoms with Gasteiger partial charge in [-0.15, -0.1) is 5.10 Å². The number of nitrogens with one attached hydrogen (secondary N) is 1. The molecule has 0 radical (unpaired) electrons. The van der Waals surface area contributed by atoms with Gasteiger partial charge >= 0.3 is 6.18 Å². The third kappa shape index (κ3) is 5.04. The van der Waals surface area contributed by atoms with Gasteiger partial charge in [0.15, 0.2) is 0 Å². The van der Waals surface area contributed by atoms with Crippen LogP contribution in [0.15, 0.2) is 82.8 Å². The monoisotopic (exact) mass is 486 g/mol. The Balaban J connectivity index is 1.57. The summed E-state index contributed by atoms with van der Waals surface area (Å²) in [4.78, 5) is 23.7. The fourth-order valence-electron chi connectivity index (χ4n) is 2.96. The fourth-order valence-corrected chi connectivity index (χ4v) is 3.99. The molecule has 0 aliphatic carbocycles. The van der Waals surface area contributed by atoms with E-state index in [-0.39, 0.29) is 10.5 Å². The summed E-state index contributed by atoms with van der Waals surface area (Å²) in [6, 6.07) is 15.3. The van der Waals surface area contributed by atoms with Crippen LogP contribution in [-0.2, 0) is 6.18 Å². The SMILES string of the molecule is O=C(Nc1ccc(-n2cnnn2)cc1)c1ccccc1Sc1ccc(C(F)(F)F)cc1[N+](=O)[O-]. The molecule has 172 valence electrons. The zero-order valence-electron chi connectivity index (χ0n) is 16.9. The normalized spacial score (nSPS) is 11.3. The van der Waals surface area contributed by atoms with E-state index in [1.165, 1.54) is 17.1 Å². The van der Waals surface area contributed by atoms with Crippen molar-refractivity contribution in [2.75, 3.05) is 5.32 Å². The van der Waals surface area contributed by atoms with Crippen molar-refractivity contribution in [1.82, 2.24) is 20.2 Å². The number of hydrogen-bond acceptors (Lipinski definition) is 7. The first kappa shape index (κ1) is 22.9. The Morgan fingerprint density at radius 2 is 1.76 bits per heavy atom. The van der Waals surface area contributed by atoms with E-state index >= 15 is 0 Å². The van der Waals surface area contributed by atoms with Gasteiger partial charge in [-0.05, 0) is 59.0 Å². The molecule has 1 heterocycles. The predicted molar refractivity (Wildman–Crippen MR) is 116 cm³/mol. The molecule has 0 aliphatic heterocycles. The van der Waals surface area contributed by atoms with Crippen molar-refractivity contribution >= 4 is 29.0 Å². The number of nitro groups is 1. The molecule has 9 nitrogen and oxygen atoms in total. The molecule has 1 N–H and O–H groups in total. The summed E-state index contributed by atoms with van der Waals surface area (Å²) in [5.74, 6) is -0.493. The Hall–Kier alpha value is -4.26. The molecule has 0 atom stereocenters. The highest BCUT2D eigenvalue weighted by atomic mass is 32.2. The van der Waals surface area contributed by atoms with Gasteiger partial charge in [-0.25, -0.2) is 4.68 Å². The van der Waals surface area contributed by atoms with Crippen molar-refractivity contribution in [3.63, 3.8) is 0 Å². The van der Waals surface area contributed by atoms with E-state index in [1.54, 1.807) is 42.5 Å². The van der Waals surface area contributed by atoms with Crippen molar-refractivity contribution in [3.05, 3.63) is 94.3 Å². The van der Waals surface area contributed by atoms with Crippen LogP contribution in [0.2, 0.25) is 0 Å². The van der Waals surface area contributed by atoms with Gasteiger partial charge in [0.2, 0.25) is 0 Å². The average molecular weight is 486 g/mol. The van der Waals surface area contributed by atoms with Gasteiger partial charge in [0.05, 0.1) is 26.6 Å². The standard InChI is InChI=1S/C21H13F3N6O3S/c22-21(23,24)13-5-10-19(17(11-13)30(32)33)34-18-4-2-1-3-16(18)20(31)26-14-6-8-15(9-7-14)29-12-25-27-28-29/h1-12H,(H,26,31). The van der Waals surface area contributed by atoms with Crippen LogP contribution < -0.4 is 5.32 Å². The van der Waals surface area contributed by atoms with E-state index in [0.29, 0.717) is 22.3 Å². The number of benzene rings is 3. The number of aromatic nitrogens is 4. The molecule has 0 fully saturated rings. The minimum absolute atomic E-state index is 0.0240. The summed E-state index contributed by atoms with van der Waals surface area (Å²) in [7, 11) is 0. The van der Waals surface area contributed by atoms with Crippen LogP contribution in [0.3, 0.4) is 0 Å². The summed E-state index contributed by atoms with van der Waals surface area (Å²) in [5.41, 5.74) is -0.477. The molecule has 13 heteroatoms.